The second-order valence-corrected chi connectivity index (χ2v) is 35.7. The predicted molar refractivity (Wildman–Crippen MR) is 485 cm³/mol. The zero-order valence-corrected chi connectivity index (χ0v) is 72.0. The number of para-hydroxylation sites is 2. The van der Waals surface area contributed by atoms with Gasteiger partial charge in [0.15, 0.2) is 43.9 Å². The summed E-state index contributed by atoms with van der Waals surface area (Å²) in [6.07, 6.45) is 12.3. The van der Waals surface area contributed by atoms with Gasteiger partial charge in [0.25, 0.3) is 23.6 Å². The van der Waals surface area contributed by atoms with Crippen molar-refractivity contribution < 1.29 is 73.9 Å². The number of hydrogen-bond acceptors (Lipinski definition) is 16. The highest BCUT2D eigenvalue weighted by Gasteiger charge is 2.34. The Kier molecular flexibility index (Phi) is 25.0. The quantitative estimate of drug-likeness (QED) is 0.0553. The standard InChI is InChI=1S/C26H23NO4S.3C25H21NO4S/c1-16-5-3-6-17(2)26(16)31-22-8-4-7-20-21(22)13-14-23(20)30-19-11-9-18(10-12-19)24-15-25(28)27-32(24)29;1-16-4-2-5-19(14-16)30-22-7-3-6-20-21(22)12-13-23(20)29-18-10-8-17(9-11-18)24-15-25(27)26-31(24)28;1-16-5-2-3-7-21(16)30-22-8-4-6-19-20(22)13-14-23(19)29-18-11-9-17(10-12-18)24-15-25(27)26-31(24)28;1-16-5-9-18(10-6-16)29-22-4-2-3-20-21(22)13-14-23(20)30-19-11-7-17(8-12-19)24-15-25(27)26-31(24)28/h3-12,15,23H,13-14H2,1-2H3,(H,27,28);2-11,14-15,23H,12-13H2,1H3,(H,26,27);2*2-12,15,23H,13-14H2,1H3,(H,26,27)/t23-,32?;3*23-,31?/m1111/s1. The first-order valence-electron chi connectivity index (χ1n) is 41.0. The highest BCUT2D eigenvalue weighted by molar-refractivity contribution is 7.94. The van der Waals surface area contributed by atoms with E-state index in [1.54, 1.807) is 0 Å². The summed E-state index contributed by atoms with van der Waals surface area (Å²) in [6, 6.07) is 84.1. The van der Waals surface area contributed by atoms with Crippen LogP contribution in [-0.2, 0) is 88.8 Å². The Bertz CT molecular complexity index is 6430. The monoisotopic (exact) mass is 1740 g/mol. The van der Waals surface area contributed by atoms with E-state index in [-0.39, 0.29) is 48.0 Å². The highest BCUT2D eigenvalue weighted by Crippen LogP contribution is 2.47. The van der Waals surface area contributed by atoms with Crippen LogP contribution < -0.4 is 56.8 Å². The van der Waals surface area contributed by atoms with Crippen molar-refractivity contribution in [3.63, 3.8) is 0 Å². The summed E-state index contributed by atoms with van der Waals surface area (Å²) in [5, 5.41) is 0. The van der Waals surface area contributed by atoms with E-state index in [0.717, 1.165) is 187 Å². The van der Waals surface area contributed by atoms with Crippen molar-refractivity contribution >= 4 is 87.2 Å². The van der Waals surface area contributed by atoms with Crippen LogP contribution >= 0.6 is 0 Å². The SMILES string of the molecule is Cc1ccc(Oc2cccc3c2CC[C@H]3Oc2ccc(C3=CC(=O)NS3=O)cc2)cc1.Cc1cccc(C)c1Oc1cccc2c1CC[C@H]2Oc1ccc(C2=CC(=O)NS2=O)cc1.Cc1cccc(Oc2cccc3c2CC[C@H]3Oc2ccc(C3=CC(=O)NS3=O)cc2)c1.Cc1ccccc1Oc1cccc2c1CC[C@H]2Oc1ccc(C2=CC(=O)NS2=O)cc1. The Labute approximate surface area is 734 Å². The number of hydrogen-bond donors (Lipinski definition) is 4. The van der Waals surface area contributed by atoms with Gasteiger partial charge in [0.2, 0.25) is 0 Å². The number of rotatable bonds is 20. The van der Waals surface area contributed by atoms with Gasteiger partial charge in [-0.05, 0) is 256 Å². The molecular formula is C101H86N4O16S4. The molecule has 0 aromatic heterocycles. The van der Waals surface area contributed by atoms with Crippen molar-refractivity contribution in [1.29, 1.82) is 0 Å². The van der Waals surface area contributed by atoms with Crippen LogP contribution in [0.4, 0.5) is 0 Å². The molecule has 4 unspecified atom stereocenters. The molecule has 0 radical (unpaired) electrons. The third-order valence-electron chi connectivity index (χ3n) is 22.4. The Morgan fingerprint density at radius 1 is 0.264 bits per heavy atom. The lowest BCUT2D eigenvalue weighted by Gasteiger charge is -2.17. The largest absolute Gasteiger partial charge is 0.486 e. The summed E-state index contributed by atoms with van der Waals surface area (Å²) < 4.78 is 107. The zero-order valence-electron chi connectivity index (χ0n) is 68.8. The Morgan fingerprint density at radius 3 is 0.880 bits per heavy atom. The molecule has 4 aliphatic heterocycles. The number of fused-ring (bicyclic) bond motifs is 4. The third-order valence-corrected chi connectivity index (χ3v) is 26.9. The first kappa shape index (κ1) is 83.7. The van der Waals surface area contributed by atoms with Crippen LogP contribution in [0.15, 0.2) is 285 Å². The molecule has 20 nitrogen and oxygen atoms in total. The van der Waals surface area contributed by atoms with Gasteiger partial charge in [-0.15, -0.1) is 0 Å². The normalized spacial score (nSPS) is 19.5. The van der Waals surface area contributed by atoms with Gasteiger partial charge in [0.05, 0.1) is 19.6 Å². The van der Waals surface area contributed by atoms with E-state index in [9.17, 15) is 36.0 Å². The van der Waals surface area contributed by atoms with E-state index < -0.39 is 43.9 Å². The number of benzene rings is 12. The maximum Gasteiger partial charge on any atom is 0.257 e. The summed E-state index contributed by atoms with van der Waals surface area (Å²) in [5.74, 6) is 8.53. The van der Waals surface area contributed by atoms with Crippen molar-refractivity contribution in [1.82, 2.24) is 18.9 Å². The molecule has 20 rings (SSSR count). The minimum atomic E-state index is -1.50. The summed E-state index contributed by atoms with van der Waals surface area (Å²) in [5.41, 5.74) is 18.0. The first-order valence-corrected chi connectivity index (χ1v) is 45.6. The Morgan fingerprint density at radius 2 is 0.552 bits per heavy atom. The van der Waals surface area contributed by atoms with Gasteiger partial charge < -0.3 is 37.9 Å². The van der Waals surface area contributed by atoms with Crippen molar-refractivity contribution in [3.8, 4) is 69.0 Å². The summed E-state index contributed by atoms with van der Waals surface area (Å²) in [4.78, 5) is 47.5. The predicted octanol–water partition coefficient (Wildman–Crippen LogP) is 20.3. The Balaban J connectivity index is 0.000000118. The van der Waals surface area contributed by atoms with Crippen molar-refractivity contribution in [2.75, 3.05) is 0 Å². The maximum atomic E-state index is 12.0. The van der Waals surface area contributed by atoms with Crippen LogP contribution in [0.2, 0.25) is 0 Å². The minimum Gasteiger partial charge on any atom is -0.486 e. The summed E-state index contributed by atoms with van der Waals surface area (Å²) >= 11 is 0. The lowest BCUT2D eigenvalue weighted by molar-refractivity contribution is -0.115. The molecule has 4 aliphatic carbocycles. The van der Waals surface area contributed by atoms with E-state index >= 15 is 0 Å². The molecule has 4 amide bonds. The number of nitrogens with one attached hydrogen (secondary N) is 4. The van der Waals surface area contributed by atoms with Crippen LogP contribution in [0.25, 0.3) is 19.6 Å². The number of carbonyl (C=O) groups excluding carboxylic acids is 4. The van der Waals surface area contributed by atoms with E-state index in [4.69, 9.17) is 37.9 Å². The van der Waals surface area contributed by atoms with E-state index in [2.05, 4.69) is 76.1 Å². The average Bonchev–Trinajstić information content (AvgIpc) is 1.71. The van der Waals surface area contributed by atoms with Gasteiger partial charge in [-0.3, -0.25) is 38.1 Å². The summed E-state index contributed by atoms with van der Waals surface area (Å²) in [7, 11) is -5.99. The van der Waals surface area contributed by atoms with E-state index in [1.165, 1.54) is 52.1 Å². The van der Waals surface area contributed by atoms with Crippen molar-refractivity contribution in [3.05, 3.63) is 380 Å². The second-order valence-electron chi connectivity index (χ2n) is 31.0. The highest BCUT2D eigenvalue weighted by atomic mass is 32.2. The molecule has 12 aromatic carbocycles. The summed E-state index contributed by atoms with van der Waals surface area (Å²) in [6.45, 7) is 10.3. The lowest BCUT2D eigenvalue weighted by atomic mass is 10.1. The van der Waals surface area contributed by atoms with Gasteiger partial charge in [0.1, 0.15) is 93.4 Å². The molecule has 8 aliphatic rings. The molecule has 0 spiro atoms. The second kappa shape index (κ2) is 37.3. The fourth-order valence-electron chi connectivity index (χ4n) is 16.2. The molecule has 630 valence electrons. The molecule has 4 N–H and O–H groups in total. The van der Waals surface area contributed by atoms with Crippen LogP contribution in [0.1, 0.15) is 145 Å². The third kappa shape index (κ3) is 19.3. The molecule has 0 saturated heterocycles. The lowest BCUT2D eigenvalue weighted by Crippen LogP contribution is -2.16. The van der Waals surface area contributed by atoms with Crippen molar-refractivity contribution in [2.24, 2.45) is 0 Å². The minimum absolute atomic E-state index is 0.0505. The van der Waals surface area contributed by atoms with Gasteiger partial charge in [-0.2, -0.15) is 0 Å². The van der Waals surface area contributed by atoms with Crippen LogP contribution in [0.3, 0.4) is 0 Å². The molecule has 0 fully saturated rings. The molecule has 0 bridgehead atoms. The van der Waals surface area contributed by atoms with Gasteiger partial charge >= 0.3 is 0 Å². The molecule has 125 heavy (non-hydrogen) atoms. The average molecular weight is 1740 g/mol. The molecule has 24 heteroatoms. The van der Waals surface area contributed by atoms with Gasteiger partial charge in [-0.25, -0.2) is 16.8 Å². The van der Waals surface area contributed by atoms with Crippen molar-refractivity contribution in [2.45, 2.75) is 110 Å². The van der Waals surface area contributed by atoms with Gasteiger partial charge in [-0.1, -0.05) is 163 Å². The number of carbonyl (C=O) groups is 4. The smallest absolute Gasteiger partial charge is 0.257 e. The zero-order chi connectivity index (χ0) is 86.4. The fraction of sp³-hybridized carbons (Fsp3) is 0.168. The van der Waals surface area contributed by atoms with E-state index in [1.807, 2.05) is 238 Å². The molecule has 8 atom stereocenters. The number of amides is 4. The topological polar surface area (TPSA) is 259 Å². The molecule has 12 aromatic rings. The molecule has 4 heterocycles. The number of aryl methyl sites for hydroxylation is 5. The van der Waals surface area contributed by atoms with Crippen LogP contribution in [-0.4, -0.2) is 40.5 Å². The van der Waals surface area contributed by atoms with Crippen LogP contribution in [0, 0.1) is 34.6 Å². The first-order chi connectivity index (χ1) is 60.7. The number of ether oxygens (including phenoxy) is 8. The van der Waals surface area contributed by atoms with Gasteiger partial charge in [0, 0.05) is 46.6 Å². The maximum absolute atomic E-state index is 12.0. The fourth-order valence-corrected chi connectivity index (χ4v) is 19.9. The van der Waals surface area contributed by atoms with E-state index in [0.29, 0.717) is 19.6 Å². The molecular weight excluding hydrogens is 1650 g/mol. The van der Waals surface area contributed by atoms with Crippen LogP contribution in [0.5, 0.6) is 69.0 Å². The Hall–Kier alpha value is -13.5. The molecule has 0 saturated carbocycles.